The summed E-state index contributed by atoms with van der Waals surface area (Å²) in [5.74, 6) is 0.513. The van der Waals surface area contributed by atoms with Gasteiger partial charge >= 0.3 is 0 Å². The second kappa shape index (κ2) is 5.43. The minimum absolute atomic E-state index is 0.0569. The van der Waals surface area contributed by atoms with E-state index in [2.05, 4.69) is 19.9 Å². The molecule has 2 rings (SSSR count). The molecule has 2 heterocycles. The highest BCUT2D eigenvalue weighted by Crippen LogP contribution is 2.16. The molecule has 0 radical (unpaired) electrons. The topological polar surface area (TPSA) is 101 Å². The molecule has 0 saturated carbocycles. The van der Waals surface area contributed by atoms with E-state index < -0.39 is 10.2 Å². The van der Waals surface area contributed by atoms with Gasteiger partial charge in [0.15, 0.2) is 0 Å². The molecule has 102 valence electrons. The van der Waals surface area contributed by atoms with E-state index in [9.17, 15) is 8.42 Å². The van der Waals surface area contributed by atoms with E-state index in [1.54, 1.807) is 24.5 Å². The predicted molar refractivity (Wildman–Crippen MR) is 67.0 cm³/mol. The second-order valence-electron chi connectivity index (χ2n) is 3.85. The summed E-state index contributed by atoms with van der Waals surface area (Å²) in [5.41, 5.74) is 0.726. The highest BCUT2D eigenvalue weighted by atomic mass is 32.2. The normalized spacial score (nSPS) is 11.9. The molecule has 0 amide bonds. The lowest BCUT2D eigenvalue weighted by Gasteiger charge is -2.10. The van der Waals surface area contributed by atoms with Crippen LogP contribution in [-0.2, 0) is 16.8 Å². The number of rotatable bonds is 5. The van der Waals surface area contributed by atoms with Gasteiger partial charge in [-0.3, -0.25) is 4.98 Å². The van der Waals surface area contributed by atoms with Gasteiger partial charge in [-0.1, -0.05) is 0 Å². The molecular weight excluding hydrogens is 270 g/mol. The van der Waals surface area contributed by atoms with Crippen LogP contribution >= 0.6 is 0 Å². The van der Waals surface area contributed by atoms with Gasteiger partial charge in [0.25, 0.3) is 10.2 Å². The first-order valence-corrected chi connectivity index (χ1v) is 6.83. The minimum atomic E-state index is -3.51. The quantitative estimate of drug-likeness (QED) is 0.830. The molecule has 2 aromatic heterocycles. The number of pyridine rings is 1. The Labute approximate surface area is 110 Å². The molecular formula is C10H13N5O3S. The Morgan fingerprint density at radius 2 is 1.95 bits per heavy atom. The molecule has 2 aromatic rings. The molecule has 0 unspecified atom stereocenters. The van der Waals surface area contributed by atoms with Crippen LogP contribution in [0.5, 0.6) is 0 Å². The number of nitrogens with zero attached hydrogens (tertiary/aromatic N) is 4. The van der Waals surface area contributed by atoms with Gasteiger partial charge in [0.05, 0.1) is 6.54 Å². The summed E-state index contributed by atoms with van der Waals surface area (Å²) in [6, 6.07) is 3.45. The molecule has 0 aliphatic heterocycles. The van der Waals surface area contributed by atoms with Crippen LogP contribution in [0.1, 0.15) is 5.89 Å². The maximum Gasteiger partial charge on any atom is 0.279 e. The van der Waals surface area contributed by atoms with E-state index in [1.165, 1.54) is 14.1 Å². The maximum atomic E-state index is 11.5. The summed E-state index contributed by atoms with van der Waals surface area (Å²) >= 11 is 0. The average Bonchev–Trinajstić information content (AvgIpc) is 2.86. The average molecular weight is 283 g/mol. The van der Waals surface area contributed by atoms with E-state index in [0.717, 1.165) is 9.87 Å². The third kappa shape index (κ3) is 3.34. The van der Waals surface area contributed by atoms with Gasteiger partial charge in [0, 0.05) is 32.1 Å². The maximum absolute atomic E-state index is 11.5. The molecule has 0 aromatic carbocycles. The molecule has 0 aliphatic carbocycles. The van der Waals surface area contributed by atoms with Crippen LogP contribution in [0.15, 0.2) is 28.9 Å². The van der Waals surface area contributed by atoms with Crippen LogP contribution in [0, 0.1) is 0 Å². The molecule has 9 heteroatoms. The Morgan fingerprint density at radius 1 is 1.26 bits per heavy atom. The fraction of sp³-hybridized carbons (Fsp3) is 0.300. The summed E-state index contributed by atoms with van der Waals surface area (Å²) in [6.07, 6.45) is 3.21. The molecule has 19 heavy (non-hydrogen) atoms. The van der Waals surface area contributed by atoms with Gasteiger partial charge in [-0.15, -0.1) is 10.2 Å². The lowest BCUT2D eigenvalue weighted by Crippen LogP contribution is -2.35. The van der Waals surface area contributed by atoms with Crippen LogP contribution in [0.3, 0.4) is 0 Å². The van der Waals surface area contributed by atoms with E-state index >= 15 is 0 Å². The molecule has 0 saturated heterocycles. The first-order valence-electron chi connectivity index (χ1n) is 5.39. The van der Waals surface area contributed by atoms with E-state index in [4.69, 9.17) is 4.42 Å². The van der Waals surface area contributed by atoms with Crippen molar-refractivity contribution >= 4 is 10.2 Å². The highest BCUT2D eigenvalue weighted by Gasteiger charge is 2.15. The largest absolute Gasteiger partial charge is 0.419 e. The third-order valence-corrected chi connectivity index (χ3v) is 3.75. The Kier molecular flexibility index (Phi) is 3.88. The zero-order chi connectivity index (χ0) is 13.9. The number of hydrogen-bond acceptors (Lipinski definition) is 6. The molecule has 1 N–H and O–H groups in total. The number of hydrogen-bond donors (Lipinski definition) is 1. The van der Waals surface area contributed by atoms with Crippen molar-refractivity contribution in [2.24, 2.45) is 0 Å². The third-order valence-electron chi connectivity index (χ3n) is 2.28. The van der Waals surface area contributed by atoms with Crippen LogP contribution in [0.4, 0.5) is 0 Å². The summed E-state index contributed by atoms with van der Waals surface area (Å²) < 4.78 is 31.7. The standard InChI is InChI=1S/C10H13N5O3S/c1-15(2)19(16,17)12-7-9-13-14-10(18-9)8-3-5-11-6-4-8/h3-6,12H,7H2,1-2H3. The van der Waals surface area contributed by atoms with Crippen LogP contribution < -0.4 is 4.72 Å². The zero-order valence-electron chi connectivity index (χ0n) is 10.4. The Bertz CT molecular complexity index is 638. The van der Waals surface area contributed by atoms with Crippen molar-refractivity contribution in [3.8, 4) is 11.5 Å². The first kappa shape index (κ1) is 13.6. The van der Waals surface area contributed by atoms with Gasteiger partial charge in [-0.25, -0.2) is 0 Å². The van der Waals surface area contributed by atoms with Gasteiger partial charge in [-0.05, 0) is 12.1 Å². The van der Waals surface area contributed by atoms with Crippen molar-refractivity contribution in [2.75, 3.05) is 14.1 Å². The van der Waals surface area contributed by atoms with E-state index in [-0.39, 0.29) is 12.4 Å². The Morgan fingerprint density at radius 3 is 2.58 bits per heavy atom. The van der Waals surface area contributed by atoms with Crippen molar-refractivity contribution in [3.63, 3.8) is 0 Å². The van der Waals surface area contributed by atoms with Crippen LogP contribution in [0.25, 0.3) is 11.5 Å². The predicted octanol–water partition coefficient (Wildman–Crippen LogP) is 0.0276. The fourth-order valence-electron chi connectivity index (χ4n) is 1.22. The van der Waals surface area contributed by atoms with Gasteiger partial charge < -0.3 is 4.42 Å². The molecule has 0 bridgehead atoms. The summed E-state index contributed by atoms with van der Waals surface area (Å²) in [5, 5.41) is 7.61. The van der Waals surface area contributed by atoms with E-state index in [1.807, 2.05) is 0 Å². The lowest BCUT2D eigenvalue weighted by molar-refractivity contribution is 0.474. The van der Waals surface area contributed by atoms with Crippen molar-refractivity contribution < 1.29 is 12.8 Å². The molecule has 0 atom stereocenters. The number of aromatic nitrogens is 3. The van der Waals surface area contributed by atoms with Gasteiger partial charge in [0.1, 0.15) is 0 Å². The monoisotopic (exact) mass is 283 g/mol. The van der Waals surface area contributed by atoms with Gasteiger partial charge in [-0.2, -0.15) is 17.4 Å². The summed E-state index contributed by atoms with van der Waals surface area (Å²) in [7, 11) is -0.648. The molecule has 8 nitrogen and oxygen atoms in total. The summed E-state index contributed by atoms with van der Waals surface area (Å²) in [6.45, 7) is -0.0569. The van der Waals surface area contributed by atoms with Crippen LogP contribution in [-0.4, -0.2) is 42.0 Å². The second-order valence-corrected chi connectivity index (χ2v) is 5.81. The van der Waals surface area contributed by atoms with Crippen molar-refractivity contribution in [1.29, 1.82) is 0 Å². The van der Waals surface area contributed by atoms with Crippen LogP contribution in [0.2, 0.25) is 0 Å². The zero-order valence-corrected chi connectivity index (χ0v) is 11.3. The lowest BCUT2D eigenvalue weighted by atomic mass is 10.3. The molecule has 0 aliphatic rings. The SMILES string of the molecule is CN(C)S(=O)(=O)NCc1nnc(-c2ccncc2)o1. The minimum Gasteiger partial charge on any atom is -0.419 e. The first-order chi connectivity index (χ1) is 8.99. The molecule has 0 spiro atoms. The smallest absolute Gasteiger partial charge is 0.279 e. The van der Waals surface area contributed by atoms with Crippen molar-refractivity contribution in [3.05, 3.63) is 30.4 Å². The number of nitrogens with one attached hydrogen (secondary N) is 1. The van der Waals surface area contributed by atoms with Crippen molar-refractivity contribution in [1.82, 2.24) is 24.2 Å². The summed E-state index contributed by atoms with van der Waals surface area (Å²) in [4.78, 5) is 3.88. The Balaban J connectivity index is 2.07. The van der Waals surface area contributed by atoms with E-state index in [0.29, 0.717) is 5.89 Å². The van der Waals surface area contributed by atoms with Crippen molar-refractivity contribution in [2.45, 2.75) is 6.54 Å². The van der Waals surface area contributed by atoms with Gasteiger partial charge in [0.2, 0.25) is 11.8 Å². The molecule has 0 fully saturated rings. The highest BCUT2D eigenvalue weighted by molar-refractivity contribution is 7.87. The fourth-order valence-corrected chi connectivity index (χ4v) is 1.78. The Hall–Kier alpha value is -1.84.